The Bertz CT molecular complexity index is 801. The molecule has 0 amide bonds. The number of benzene rings is 2. The van der Waals surface area contributed by atoms with Gasteiger partial charge in [0.25, 0.3) is 0 Å². The van der Waals surface area contributed by atoms with Crippen LogP contribution < -0.4 is 4.74 Å². The molecule has 0 unspecified atom stereocenters. The number of hydrogen-bond acceptors (Lipinski definition) is 2. The molecule has 142 valence electrons. The van der Waals surface area contributed by atoms with Gasteiger partial charge in [-0.2, -0.15) is 0 Å². The van der Waals surface area contributed by atoms with Crippen LogP contribution in [0.25, 0.3) is 6.08 Å². The lowest BCUT2D eigenvalue weighted by atomic mass is 9.84. The quantitative estimate of drug-likeness (QED) is 0.439. The normalized spacial score (nSPS) is 15.8. The maximum Gasteiger partial charge on any atom is 0.573 e. The van der Waals surface area contributed by atoms with Crippen LogP contribution in [0, 0.1) is 0 Å². The van der Waals surface area contributed by atoms with Crippen molar-refractivity contribution in [1.82, 2.24) is 0 Å². The van der Waals surface area contributed by atoms with Crippen molar-refractivity contribution >= 4 is 11.9 Å². The smallest absolute Gasteiger partial charge is 0.406 e. The lowest BCUT2D eigenvalue weighted by Gasteiger charge is -2.21. The van der Waals surface area contributed by atoms with Gasteiger partial charge in [0, 0.05) is 5.56 Å². The first-order chi connectivity index (χ1) is 12.9. The van der Waals surface area contributed by atoms with Crippen LogP contribution in [0.2, 0.25) is 0 Å². The van der Waals surface area contributed by atoms with Gasteiger partial charge < -0.3 is 4.74 Å². The van der Waals surface area contributed by atoms with E-state index in [2.05, 4.69) is 16.9 Å². The highest BCUT2D eigenvalue weighted by atomic mass is 19.4. The second kappa shape index (κ2) is 8.42. The number of hydrogen-bond donors (Lipinski definition) is 0. The summed E-state index contributed by atoms with van der Waals surface area (Å²) in [7, 11) is 0. The van der Waals surface area contributed by atoms with Gasteiger partial charge in [-0.3, -0.25) is 4.79 Å². The Morgan fingerprint density at radius 3 is 2.37 bits per heavy atom. The largest absolute Gasteiger partial charge is 0.573 e. The van der Waals surface area contributed by atoms with Crippen molar-refractivity contribution < 1.29 is 22.7 Å². The molecule has 0 spiro atoms. The van der Waals surface area contributed by atoms with E-state index in [0.29, 0.717) is 5.92 Å². The van der Waals surface area contributed by atoms with E-state index in [1.807, 2.05) is 12.1 Å². The minimum Gasteiger partial charge on any atom is -0.406 e. The van der Waals surface area contributed by atoms with Crippen LogP contribution in [-0.4, -0.2) is 12.1 Å². The van der Waals surface area contributed by atoms with Gasteiger partial charge in [-0.1, -0.05) is 61.7 Å². The molecule has 27 heavy (non-hydrogen) atoms. The van der Waals surface area contributed by atoms with Gasteiger partial charge in [0.05, 0.1) is 0 Å². The predicted octanol–water partition coefficient (Wildman–Crippen LogP) is 6.53. The molecule has 0 aromatic heterocycles. The molecule has 0 atom stereocenters. The maximum absolute atomic E-state index is 12.3. The number of ether oxygens (including phenoxy) is 1. The molecule has 2 nitrogen and oxygen atoms in total. The SMILES string of the molecule is O=C(/C=C/c1ccc(C2CCCCC2)cc1)c1cccc(OC(F)(F)F)c1. The van der Waals surface area contributed by atoms with Gasteiger partial charge in [0.1, 0.15) is 5.75 Å². The Kier molecular flexibility index (Phi) is 5.99. The van der Waals surface area contributed by atoms with Crippen LogP contribution >= 0.6 is 0 Å². The molecule has 0 bridgehead atoms. The summed E-state index contributed by atoms with van der Waals surface area (Å²) in [5, 5.41) is 0. The van der Waals surface area contributed by atoms with E-state index in [9.17, 15) is 18.0 Å². The van der Waals surface area contributed by atoms with Crippen molar-refractivity contribution in [3.05, 3.63) is 71.3 Å². The molecule has 2 aromatic rings. The van der Waals surface area contributed by atoms with E-state index in [4.69, 9.17) is 0 Å². The summed E-state index contributed by atoms with van der Waals surface area (Å²) in [6.07, 6.45) is 4.57. The summed E-state index contributed by atoms with van der Waals surface area (Å²) in [6.45, 7) is 0. The molecular weight excluding hydrogens is 353 g/mol. The monoisotopic (exact) mass is 374 g/mol. The molecule has 0 N–H and O–H groups in total. The van der Waals surface area contributed by atoms with Crippen molar-refractivity contribution in [3.63, 3.8) is 0 Å². The van der Waals surface area contributed by atoms with E-state index >= 15 is 0 Å². The first-order valence-corrected chi connectivity index (χ1v) is 9.09. The highest BCUT2D eigenvalue weighted by molar-refractivity contribution is 6.07. The molecule has 0 aliphatic heterocycles. The van der Waals surface area contributed by atoms with E-state index < -0.39 is 12.1 Å². The van der Waals surface area contributed by atoms with E-state index in [0.717, 1.165) is 17.7 Å². The zero-order valence-corrected chi connectivity index (χ0v) is 14.8. The predicted molar refractivity (Wildman–Crippen MR) is 98.8 cm³/mol. The van der Waals surface area contributed by atoms with Gasteiger partial charge in [0.15, 0.2) is 5.78 Å². The lowest BCUT2D eigenvalue weighted by Crippen LogP contribution is -2.17. The molecule has 2 aromatic carbocycles. The number of rotatable bonds is 5. The van der Waals surface area contributed by atoms with Gasteiger partial charge in [-0.05, 0) is 48.1 Å². The summed E-state index contributed by atoms with van der Waals surface area (Å²) >= 11 is 0. The molecule has 0 saturated heterocycles. The molecule has 0 heterocycles. The zero-order chi connectivity index (χ0) is 19.3. The number of carbonyl (C=O) groups excluding carboxylic acids is 1. The minimum absolute atomic E-state index is 0.145. The fraction of sp³-hybridized carbons (Fsp3) is 0.318. The summed E-state index contributed by atoms with van der Waals surface area (Å²) in [6, 6.07) is 13.2. The molecule has 0 radical (unpaired) electrons. The van der Waals surface area contributed by atoms with Crippen LogP contribution in [0.4, 0.5) is 13.2 Å². The van der Waals surface area contributed by atoms with Crippen molar-refractivity contribution in [2.45, 2.75) is 44.4 Å². The third kappa shape index (κ3) is 5.71. The third-order valence-electron chi connectivity index (χ3n) is 4.79. The van der Waals surface area contributed by atoms with Crippen molar-refractivity contribution in [1.29, 1.82) is 0 Å². The Hall–Kier alpha value is -2.56. The van der Waals surface area contributed by atoms with Crippen molar-refractivity contribution in [2.75, 3.05) is 0 Å². The Balaban J connectivity index is 1.65. The minimum atomic E-state index is -4.78. The average Bonchev–Trinajstić information content (AvgIpc) is 2.66. The fourth-order valence-corrected chi connectivity index (χ4v) is 3.43. The molecule has 1 saturated carbocycles. The maximum atomic E-state index is 12.3. The number of allylic oxidation sites excluding steroid dienone is 1. The van der Waals surface area contributed by atoms with E-state index in [1.54, 1.807) is 6.08 Å². The number of ketones is 1. The molecule has 3 rings (SSSR count). The topological polar surface area (TPSA) is 26.3 Å². The van der Waals surface area contributed by atoms with Crippen molar-refractivity contribution in [2.24, 2.45) is 0 Å². The second-order valence-electron chi connectivity index (χ2n) is 6.77. The average molecular weight is 374 g/mol. The summed E-state index contributed by atoms with van der Waals surface area (Å²) < 4.78 is 40.7. The highest BCUT2D eigenvalue weighted by Crippen LogP contribution is 2.32. The highest BCUT2D eigenvalue weighted by Gasteiger charge is 2.31. The Morgan fingerprint density at radius 1 is 1.00 bits per heavy atom. The zero-order valence-electron chi connectivity index (χ0n) is 14.8. The van der Waals surface area contributed by atoms with Gasteiger partial charge >= 0.3 is 6.36 Å². The summed E-state index contributed by atoms with van der Waals surface area (Å²) in [5.74, 6) is -0.160. The van der Waals surface area contributed by atoms with Crippen LogP contribution in [0.5, 0.6) is 5.75 Å². The first kappa shape index (κ1) is 19.2. The van der Waals surface area contributed by atoms with Gasteiger partial charge in [0.2, 0.25) is 0 Å². The molecule has 1 aliphatic carbocycles. The Morgan fingerprint density at radius 2 is 1.70 bits per heavy atom. The molecule has 5 heteroatoms. The molecule has 1 aliphatic rings. The summed E-state index contributed by atoms with van der Waals surface area (Å²) in [5.41, 5.74) is 2.35. The van der Waals surface area contributed by atoms with Crippen molar-refractivity contribution in [3.8, 4) is 5.75 Å². The van der Waals surface area contributed by atoms with Crippen LogP contribution in [0.3, 0.4) is 0 Å². The standard InChI is InChI=1S/C22H21F3O2/c23-22(24,25)27-20-8-4-7-19(15-20)21(26)14-11-16-9-12-18(13-10-16)17-5-2-1-3-6-17/h4,7-15,17H,1-3,5-6H2/b14-11+. The Labute approximate surface area is 156 Å². The molecule has 1 fully saturated rings. The van der Waals surface area contributed by atoms with Gasteiger partial charge in [-0.15, -0.1) is 13.2 Å². The van der Waals surface area contributed by atoms with Crippen LogP contribution in [0.1, 0.15) is 59.5 Å². The summed E-state index contributed by atoms with van der Waals surface area (Å²) in [4.78, 5) is 12.2. The van der Waals surface area contributed by atoms with Crippen LogP contribution in [0.15, 0.2) is 54.6 Å². The molecular formula is C22H21F3O2. The number of halogens is 3. The number of alkyl halides is 3. The van der Waals surface area contributed by atoms with E-state index in [-0.39, 0.29) is 11.3 Å². The van der Waals surface area contributed by atoms with E-state index in [1.165, 1.54) is 55.9 Å². The fourth-order valence-electron chi connectivity index (χ4n) is 3.43. The van der Waals surface area contributed by atoms with Gasteiger partial charge in [-0.25, -0.2) is 0 Å². The first-order valence-electron chi connectivity index (χ1n) is 9.09. The second-order valence-corrected chi connectivity index (χ2v) is 6.77. The third-order valence-corrected chi connectivity index (χ3v) is 4.79. The number of carbonyl (C=O) groups is 1. The van der Waals surface area contributed by atoms with Crippen LogP contribution in [-0.2, 0) is 0 Å². The lowest BCUT2D eigenvalue weighted by molar-refractivity contribution is -0.274.